The highest BCUT2D eigenvalue weighted by molar-refractivity contribution is 14.0. The highest BCUT2D eigenvalue weighted by Gasteiger charge is 2.20. The van der Waals surface area contributed by atoms with Crippen LogP contribution in [0, 0.1) is 0 Å². The number of aryl methyl sites for hydroxylation is 1. The molecule has 0 atom stereocenters. The van der Waals surface area contributed by atoms with Gasteiger partial charge >= 0.3 is 0 Å². The topological polar surface area (TPSA) is 56.7 Å². The molecular formula is C20H29IN6. The summed E-state index contributed by atoms with van der Waals surface area (Å²) in [5.74, 6) is 1.79. The van der Waals surface area contributed by atoms with Crippen LogP contribution in [0.2, 0.25) is 0 Å². The smallest absolute Gasteiger partial charge is 0.225 e. The van der Waals surface area contributed by atoms with Crippen LogP contribution in [-0.4, -0.2) is 60.6 Å². The minimum Gasteiger partial charge on any atom is -0.356 e. The van der Waals surface area contributed by atoms with E-state index in [0.717, 1.165) is 57.5 Å². The lowest BCUT2D eigenvalue weighted by atomic mass is 10.1. The molecule has 27 heavy (non-hydrogen) atoms. The van der Waals surface area contributed by atoms with E-state index in [0.29, 0.717) is 0 Å². The number of aliphatic imine (C=N–C) groups is 1. The normalized spacial score (nSPS) is 14.7. The molecular weight excluding hydrogens is 451 g/mol. The van der Waals surface area contributed by atoms with Crippen molar-refractivity contribution in [2.24, 2.45) is 4.99 Å². The number of anilines is 1. The molecule has 1 aromatic carbocycles. The molecule has 0 aliphatic carbocycles. The summed E-state index contributed by atoms with van der Waals surface area (Å²) in [4.78, 5) is 17.7. The summed E-state index contributed by atoms with van der Waals surface area (Å²) >= 11 is 0. The Morgan fingerprint density at radius 3 is 2.26 bits per heavy atom. The van der Waals surface area contributed by atoms with Gasteiger partial charge in [0.15, 0.2) is 5.96 Å². The third kappa shape index (κ3) is 6.05. The molecule has 0 amide bonds. The molecule has 1 aromatic heterocycles. The number of nitrogens with zero attached hydrogens (tertiary/aromatic N) is 5. The van der Waals surface area contributed by atoms with Gasteiger partial charge in [0.05, 0.1) is 0 Å². The number of hydrogen-bond donors (Lipinski definition) is 1. The van der Waals surface area contributed by atoms with Crippen molar-refractivity contribution in [1.82, 2.24) is 20.2 Å². The SMILES string of the molecule is CCc1ccc(CCNC(=NC)N2CCN(c3ncccn3)CC2)cc1.I. The van der Waals surface area contributed by atoms with E-state index < -0.39 is 0 Å². The maximum Gasteiger partial charge on any atom is 0.225 e. The molecule has 0 saturated carbocycles. The Bertz CT molecular complexity index is 696. The van der Waals surface area contributed by atoms with E-state index in [1.807, 2.05) is 13.1 Å². The van der Waals surface area contributed by atoms with Crippen LogP contribution in [0.1, 0.15) is 18.1 Å². The van der Waals surface area contributed by atoms with Gasteiger partial charge in [0.1, 0.15) is 0 Å². The van der Waals surface area contributed by atoms with E-state index in [9.17, 15) is 0 Å². The third-order valence-corrected chi connectivity index (χ3v) is 4.75. The fourth-order valence-electron chi connectivity index (χ4n) is 3.17. The highest BCUT2D eigenvalue weighted by Crippen LogP contribution is 2.10. The lowest BCUT2D eigenvalue weighted by Gasteiger charge is -2.36. The van der Waals surface area contributed by atoms with Gasteiger partial charge in [-0.15, -0.1) is 24.0 Å². The fourth-order valence-corrected chi connectivity index (χ4v) is 3.17. The molecule has 1 saturated heterocycles. The summed E-state index contributed by atoms with van der Waals surface area (Å²) in [6, 6.07) is 10.7. The van der Waals surface area contributed by atoms with Gasteiger partial charge in [-0.2, -0.15) is 0 Å². The summed E-state index contributed by atoms with van der Waals surface area (Å²) in [5, 5.41) is 3.50. The number of piperazine rings is 1. The minimum atomic E-state index is 0. The fraction of sp³-hybridized carbons (Fsp3) is 0.450. The van der Waals surface area contributed by atoms with E-state index in [4.69, 9.17) is 0 Å². The standard InChI is InChI=1S/C20H28N6.HI/c1-3-17-5-7-18(8-6-17)9-12-24-19(21-2)25-13-15-26(16-14-25)20-22-10-4-11-23-20;/h4-8,10-11H,3,9,12-16H2,1-2H3,(H,21,24);1H. The molecule has 6 nitrogen and oxygen atoms in total. The van der Waals surface area contributed by atoms with Gasteiger partial charge in [-0.1, -0.05) is 31.2 Å². The zero-order valence-electron chi connectivity index (χ0n) is 16.1. The zero-order chi connectivity index (χ0) is 18.2. The Morgan fingerprint density at radius 1 is 1.04 bits per heavy atom. The molecule has 1 aliphatic heterocycles. The average molecular weight is 480 g/mol. The molecule has 0 radical (unpaired) electrons. The summed E-state index contributed by atoms with van der Waals surface area (Å²) in [5.41, 5.74) is 2.74. The van der Waals surface area contributed by atoms with Crippen LogP contribution in [0.5, 0.6) is 0 Å². The van der Waals surface area contributed by atoms with Crippen molar-refractivity contribution < 1.29 is 0 Å². The van der Waals surface area contributed by atoms with Crippen LogP contribution in [0.4, 0.5) is 5.95 Å². The first-order chi connectivity index (χ1) is 12.8. The van der Waals surface area contributed by atoms with Crippen molar-refractivity contribution in [3.8, 4) is 0 Å². The van der Waals surface area contributed by atoms with Gasteiger partial charge in [-0.25, -0.2) is 9.97 Å². The lowest BCUT2D eigenvalue weighted by Crippen LogP contribution is -2.53. The van der Waals surface area contributed by atoms with Gasteiger partial charge in [0.25, 0.3) is 0 Å². The maximum atomic E-state index is 4.45. The van der Waals surface area contributed by atoms with E-state index in [1.165, 1.54) is 11.1 Å². The number of aromatic nitrogens is 2. The lowest BCUT2D eigenvalue weighted by molar-refractivity contribution is 0.370. The number of rotatable bonds is 5. The molecule has 0 spiro atoms. The third-order valence-electron chi connectivity index (χ3n) is 4.75. The largest absolute Gasteiger partial charge is 0.356 e. The predicted molar refractivity (Wildman–Crippen MR) is 122 cm³/mol. The van der Waals surface area contributed by atoms with Crippen LogP contribution < -0.4 is 10.2 Å². The molecule has 7 heteroatoms. The Kier molecular flexibility index (Phi) is 8.77. The molecule has 2 heterocycles. The molecule has 2 aromatic rings. The zero-order valence-corrected chi connectivity index (χ0v) is 18.5. The average Bonchev–Trinajstić information content (AvgIpc) is 2.72. The monoisotopic (exact) mass is 480 g/mol. The number of nitrogens with one attached hydrogen (secondary N) is 1. The summed E-state index contributed by atoms with van der Waals surface area (Å²) in [7, 11) is 1.85. The van der Waals surface area contributed by atoms with Crippen LogP contribution in [0.15, 0.2) is 47.7 Å². The van der Waals surface area contributed by atoms with Crippen molar-refractivity contribution in [2.75, 3.05) is 44.7 Å². The van der Waals surface area contributed by atoms with E-state index in [2.05, 4.69) is 61.3 Å². The summed E-state index contributed by atoms with van der Waals surface area (Å²) in [6.07, 6.45) is 5.68. The molecule has 1 fully saturated rings. The van der Waals surface area contributed by atoms with E-state index >= 15 is 0 Å². The Hall–Kier alpha value is -1.90. The van der Waals surface area contributed by atoms with Gasteiger partial charge in [-0.05, 0) is 30.0 Å². The first-order valence-corrected chi connectivity index (χ1v) is 9.35. The van der Waals surface area contributed by atoms with Crippen molar-refractivity contribution in [1.29, 1.82) is 0 Å². The van der Waals surface area contributed by atoms with Crippen LogP contribution in [-0.2, 0) is 12.8 Å². The second kappa shape index (κ2) is 11.1. The van der Waals surface area contributed by atoms with Gasteiger partial charge in [-0.3, -0.25) is 4.99 Å². The molecule has 0 unspecified atom stereocenters. The number of hydrogen-bond acceptors (Lipinski definition) is 4. The summed E-state index contributed by atoms with van der Waals surface area (Å²) in [6.45, 7) is 6.73. The predicted octanol–water partition coefficient (Wildman–Crippen LogP) is 2.60. The molecule has 0 bridgehead atoms. The molecule has 146 valence electrons. The van der Waals surface area contributed by atoms with E-state index in [-0.39, 0.29) is 24.0 Å². The minimum absolute atomic E-state index is 0. The molecule has 1 N–H and O–H groups in total. The molecule has 1 aliphatic rings. The maximum absolute atomic E-state index is 4.45. The van der Waals surface area contributed by atoms with Gasteiger partial charge < -0.3 is 15.1 Å². The quantitative estimate of drug-likeness (QED) is 0.405. The number of guanidine groups is 1. The Morgan fingerprint density at radius 2 is 1.67 bits per heavy atom. The second-order valence-corrected chi connectivity index (χ2v) is 6.42. The van der Waals surface area contributed by atoms with E-state index in [1.54, 1.807) is 12.4 Å². The van der Waals surface area contributed by atoms with Crippen molar-refractivity contribution in [2.45, 2.75) is 19.8 Å². The van der Waals surface area contributed by atoms with Gasteiger partial charge in [0, 0.05) is 52.2 Å². The first-order valence-electron chi connectivity index (χ1n) is 9.35. The number of halogens is 1. The first kappa shape index (κ1) is 21.4. The van der Waals surface area contributed by atoms with Crippen molar-refractivity contribution >= 4 is 35.9 Å². The second-order valence-electron chi connectivity index (χ2n) is 6.42. The van der Waals surface area contributed by atoms with Crippen LogP contribution >= 0.6 is 24.0 Å². The number of benzene rings is 1. The van der Waals surface area contributed by atoms with Crippen LogP contribution in [0.3, 0.4) is 0 Å². The Balaban J connectivity index is 0.00000261. The van der Waals surface area contributed by atoms with Crippen molar-refractivity contribution in [3.05, 3.63) is 53.9 Å². The van der Waals surface area contributed by atoms with Crippen molar-refractivity contribution in [3.63, 3.8) is 0 Å². The summed E-state index contributed by atoms with van der Waals surface area (Å²) < 4.78 is 0. The molecule has 3 rings (SSSR count). The van der Waals surface area contributed by atoms with Gasteiger partial charge in [0.2, 0.25) is 5.95 Å². The Labute approximate surface area is 179 Å². The highest BCUT2D eigenvalue weighted by atomic mass is 127. The van der Waals surface area contributed by atoms with Crippen LogP contribution in [0.25, 0.3) is 0 Å².